The Kier molecular flexibility index (Phi) is 6.91. The quantitative estimate of drug-likeness (QED) is 0.699. The Bertz CT molecular complexity index is 912. The Morgan fingerprint density at radius 1 is 1.10 bits per heavy atom. The van der Waals surface area contributed by atoms with Crippen LogP contribution >= 0.6 is 11.8 Å². The molecule has 2 aromatic rings. The molecule has 3 amide bonds. The first kappa shape index (κ1) is 20.5. The average molecular weight is 412 g/mol. The first-order valence-corrected chi connectivity index (χ1v) is 9.72. The molecule has 1 saturated heterocycles. The Balaban J connectivity index is 1.42. The van der Waals surface area contributed by atoms with Gasteiger partial charge in [0.2, 0.25) is 0 Å². The second-order valence-electron chi connectivity index (χ2n) is 6.23. The van der Waals surface area contributed by atoms with Crippen LogP contribution in [0.2, 0.25) is 0 Å². The van der Waals surface area contributed by atoms with Crippen molar-refractivity contribution in [1.82, 2.24) is 10.2 Å². The monoisotopic (exact) mass is 412 g/mol. The van der Waals surface area contributed by atoms with Crippen molar-refractivity contribution in [3.63, 3.8) is 0 Å². The lowest BCUT2D eigenvalue weighted by Crippen LogP contribution is -2.31. The van der Waals surface area contributed by atoms with Gasteiger partial charge in [0.05, 0.1) is 11.4 Å². The SMILES string of the molecule is CN(CCOc1ccc(C=C2SC(=O)NC2=O)cc1)C(=O)OCc1ccccc1. The summed E-state index contributed by atoms with van der Waals surface area (Å²) < 4.78 is 10.9. The van der Waals surface area contributed by atoms with E-state index in [-0.39, 0.29) is 17.8 Å². The summed E-state index contributed by atoms with van der Waals surface area (Å²) in [6, 6.07) is 16.6. The number of rotatable bonds is 7. The molecule has 0 saturated carbocycles. The van der Waals surface area contributed by atoms with Crippen molar-refractivity contribution in [2.75, 3.05) is 20.2 Å². The van der Waals surface area contributed by atoms with Crippen molar-refractivity contribution in [2.45, 2.75) is 6.61 Å². The van der Waals surface area contributed by atoms with Gasteiger partial charge in [-0.3, -0.25) is 14.9 Å². The predicted octanol–water partition coefficient (Wildman–Crippen LogP) is 3.66. The van der Waals surface area contributed by atoms with E-state index in [4.69, 9.17) is 9.47 Å². The maximum Gasteiger partial charge on any atom is 0.409 e. The van der Waals surface area contributed by atoms with E-state index in [0.29, 0.717) is 23.8 Å². The molecule has 150 valence electrons. The van der Waals surface area contributed by atoms with Crippen LogP contribution in [0.15, 0.2) is 59.5 Å². The number of benzene rings is 2. The number of ether oxygens (including phenoxy) is 2. The van der Waals surface area contributed by atoms with Crippen LogP contribution in [-0.4, -0.2) is 42.3 Å². The van der Waals surface area contributed by atoms with Gasteiger partial charge in [0.15, 0.2) is 0 Å². The topological polar surface area (TPSA) is 84.9 Å². The van der Waals surface area contributed by atoms with Gasteiger partial charge in [-0.2, -0.15) is 0 Å². The largest absolute Gasteiger partial charge is 0.492 e. The van der Waals surface area contributed by atoms with Crippen LogP contribution in [0.3, 0.4) is 0 Å². The van der Waals surface area contributed by atoms with Gasteiger partial charge in [-0.1, -0.05) is 42.5 Å². The van der Waals surface area contributed by atoms with E-state index in [0.717, 1.165) is 22.9 Å². The molecule has 0 radical (unpaired) electrons. The summed E-state index contributed by atoms with van der Waals surface area (Å²) in [5, 5.41) is 1.85. The van der Waals surface area contributed by atoms with Crippen molar-refractivity contribution in [2.24, 2.45) is 0 Å². The van der Waals surface area contributed by atoms with E-state index < -0.39 is 6.09 Å². The lowest BCUT2D eigenvalue weighted by atomic mass is 10.2. The minimum Gasteiger partial charge on any atom is -0.492 e. The lowest BCUT2D eigenvalue weighted by molar-refractivity contribution is -0.115. The van der Waals surface area contributed by atoms with Crippen molar-refractivity contribution in [3.8, 4) is 5.75 Å². The van der Waals surface area contributed by atoms with Crippen LogP contribution in [-0.2, 0) is 16.1 Å². The summed E-state index contributed by atoms with van der Waals surface area (Å²) in [7, 11) is 1.65. The van der Waals surface area contributed by atoms with Crippen molar-refractivity contribution >= 4 is 35.1 Å². The van der Waals surface area contributed by atoms with E-state index in [2.05, 4.69) is 5.32 Å². The highest BCUT2D eigenvalue weighted by atomic mass is 32.2. The standard InChI is InChI=1S/C21H20N2O5S/c1-23(21(26)28-14-16-5-3-2-4-6-16)11-12-27-17-9-7-15(8-10-17)13-18-19(24)22-20(25)29-18/h2-10,13H,11-12,14H2,1H3,(H,22,24,25). The first-order chi connectivity index (χ1) is 14.0. The Morgan fingerprint density at radius 3 is 2.48 bits per heavy atom. The summed E-state index contributed by atoms with van der Waals surface area (Å²) in [5.41, 5.74) is 1.71. The van der Waals surface area contributed by atoms with Gasteiger partial charge < -0.3 is 14.4 Å². The number of thioether (sulfide) groups is 1. The van der Waals surface area contributed by atoms with E-state index in [9.17, 15) is 14.4 Å². The number of hydrogen-bond donors (Lipinski definition) is 1. The molecule has 7 nitrogen and oxygen atoms in total. The van der Waals surface area contributed by atoms with Crippen LogP contribution in [0.4, 0.5) is 9.59 Å². The highest BCUT2D eigenvalue weighted by Crippen LogP contribution is 2.26. The predicted molar refractivity (Wildman–Crippen MR) is 110 cm³/mol. The Hall–Kier alpha value is -3.26. The Labute approximate surface area is 172 Å². The molecular formula is C21H20N2O5S. The number of amides is 3. The minimum atomic E-state index is -0.415. The van der Waals surface area contributed by atoms with E-state index in [1.807, 2.05) is 30.3 Å². The average Bonchev–Trinajstić information content (AvgIpc) is 3.04. The van der Waals surface area contributed by atoms with Crippen LogP contribution in [0.1, 0.15) is 11.1 Å². The summed E-state index contributed by atoms with van der Waals surface area (Å²) in [6.45, 7) is 0.909. The molecule has 1 aliphatic heterocycles. The van der Waals surface area contributed by atoms with Crippen molar-refractivity contribution in [3.05, 3.63) is 70.6 Å². The molecule has 2 aromatic carbocycles. The van der Waals surface area contributed by atoms with Gasteiger partial charge in [-0.15, -0.1) is 0 Å². The van der Waals surface area contributed by atoms with E-state index in [1.165, 1.54) is 4.90 Å². The summed E-state index contributed by atoms with van der Waals surface area (Å²) >= 11 is 0.876. The zero-order valence-electron chi connectivity index (χ0n) is 15.8. The molecule has 1 aliphatic rings. The molecule has 0 atom stereocenters. The number of hydrogen-bond acceptors (Lipinski definition) is 6. The fourth-order valence-corrected chi connectivity index (χ4v) is 3.14. The molecule has 0 aliphatic carbocycles. The molecule has 0 spiro atoms. The molecule has 3 rings (SSSR count). The molecule has 8 heteroatoms. The van der Waals surface area contributed by atoms with Gasteiger partial charge >= 0.3 is 6.09 Å². The first-order valence-electron chi connectivity index (χ1n) is 8.91. The van der Waals surface area contributed by atoms with Crippen LogP contribution < -0.4 is 10.1 Å². The number of carbonyl (C=O) groups excluding carboxylic acids is 3. The van der Waals surface area contributed by atoms with E-state index >= 15 is 0 Å². The fraction of sp³-hybridized carbons (Fsp3) is 0.190. The summed E-state index contributed by atoms with van der Waals surface area (Å²) in [4.78, 5) is 36.5. The zero-order valence-corrected chi connectivity index (χ0v) is 16.6. The number of carbonyl (C=O) groups is 3. The van der Waals surface area contributed by atoms with Gasteiger partial charge in [-0.05, 0) is 41.1 Å². The third-order valence-corrected chi connectivity index (χ3v) is 4.84. The van der Waals surface area contributed by atoms with E-state index in [1.54, 1.807) is 37.4 Å². The third-order valence-electron chi connectivity index (χ3n) is 4.03. The fourth-order valence-electron chi connectivity index (χ4n) is 2.45. The molecule has 29 heavy (non-hydrogen) atoms. The summed E-state index contributed by atoms with van der Waals surface area (Å²) in [5.74, 6) is 0.250. The smallest absolute Gasteiger partial charge is 0.409 e. The number of imide groups is 1. The van der Waals surface area contributed by atoms with Gasteiger partial charge in [0, 0.05) is 7.05 Å². The molecule has 0 bridgehead atoms. The van der Waals surface area contributed by atoms with Crippen LogP contribution in [0.5, 0.6) is 5.75 Å². The third kappa shape index (κ3) is 6.11. The molecule has 1 N–H and O–H groups in total. The zero-order chi connectivity index (χ0) is 20.6. The maximum atomic E-state index is 12.0. The second-order valence-corrected chi connectivity index (χ2v) is 7.25. The minimum absolute atomic E-state index is 0.226. The maximum absolute atomic E-state index is 12.0. The van der Waals surface area contributed by atoms with Crippen LogP contribution in [0.25, 0.3) is 6.08 Å². The van der Waals surface area contributed by atoms with Gasteiger partial charge in [-0.25, -0.2) is 4.79 Å². The Morgan fingerprint density at radius 2 is 1.83 bits per heavy atom. The molecular weight excluding hydrogens is 392 g/mol. The van der Waals surface area contributed by atoms with Gasteiger partial charge in [0.1, 0.15) is 19.0 Å². The highest BCUT2D eigenvalue weighted by Gasteiger charge is 2.24. The number of nitrogens with one attached hydrogen (secondary N) is 1. The van der Waals surface area contributed by atoms with Gasteiger partial charge in [0.25, 0.3) is 11.1 Å². The molecule has 1 heterocycles. The number of likely N-dealkylation sites (N-methyl/N-ethyl adjacent to an activating group) is 1. The second kappa shape index (κ2) is 9.79. The molecule has 0 unspecified atom stereocenters. The van der Waals surface area contributed by atoms with Crippen LogP contribution in [0, 0.1) is 0 Å². The molecule has 0 aromatic heterocycles. The summed E-state index contributed by atoms with van der Waals surface area (Å²) in [6.07, 6.45) is 1.23. The van der Waals surface area contributed by atoms with Crippen molar-refractivity contribution in [1.29, 1.82) is 0 Å². The normalized spacial score (nSPS) is 14.6. The number of nitrogens with zero attached hydrogens (tertiary/aromatic N) is 1. The molecule has 1 fully saturated rings. The lowest BCUT2D eigenvalue weighted by Gasteiger charge is -2.17. The highest BCUT2D eigenvalue weighted by molar-refractivity contribution is 8.18. The van der Waals surface area contributed by atoms with Crippen molar-refractivity contribution < 1.29 is 23.9 Å².